The van der Waals surface area contributed by atoms with Crippen molar-refractivity contribution in [1.29, 1.82) is 0 Å². The number of nitrogens with one attached hydrogen (secondary N) is 1. The summed E-state index contributed by atoms with van der Waals surface area (Å²) in [4.78, 5) is 49.2. The van der Waals surface area contributed by atoms with Gasteiger partial charge in [-0.1, -0.05) is 19.9 Å². The smallest absolute Gasteiger partial charge is 0.326 e. The lowest BCUT2D eigenvalue weighted by atomic mass is 9.99. The van der Waals surface area contributed by atoms with Crippen molar-refractivity contribution in [2.75, 3.05) is 20.1 Å². The van der Waals surface area contributed by atoms with Crippen molar-refractivity contribution >= 4 is 24.2 Å². The van der Waals surface area contributed by atoms with Gasteiger partial charge in [0.1, 0.15) is 6.04 Å². The van der Waals surface area contributed by atoms with E-state index in [-0.39, 0.29) is 30.3 Å². The molecule has 0 aliphatic carbocycles. The van der Waals surface area contributed by atoms with Crippen LogP contribution in [-0.2, 0) is 19.2 Å². The predicted octanol–water partition coefficient (Wildman–Crippen LogP) is 0.237. The number of hydrogen-bond donors (Lipinski definition) is 2. The monoisotopic (exact) mass is 353 g/mol. The topological polar surface area (TPSA) is 107 Å². The van der Waals surface area contributed by atoms with E-state index in [1.165, 1.54) is 9.80 Å². The number of amides is 3. The van der Waals surface area contributed by atoms with Crippen molar-refractivity contribution in [3.63, 3.8) is 0 Å². The SMILES string of the molecule is C/C(=C\[C@H](C(C)C)N(C)C(=O)CNC=O)C(=O)N1CCCC1C(=O)O. The maximum atomic E-state index is 12.6. The van der Waals surface area contributed by atoms with Crippen LogP contribution in [0.1, 0.15) is 33.6 Å². The van der Waals surface area contributed by atoms with E-state index < -0.39 is 12.0 Å². The fourth-order valence-corrected chi connectivity index (χ4v) is 2.99. The van der Waals surface area contributed by atoms with Crippen LogP contribution < -0.4 is 5.32 Å². The number of hydrogen-bond acceptors (Lipinski definition) is 4. The van der Waals surface area contributed by atoms with E-state index in [0.717, 1.165) is 0 Å². The third kappa shape index (κ3) is 5.30. The average molecular weight is 353 g/mol. The molecule has 0 radical (unpaired) electrons. The van der Waals surface area contributed by atoms with Gasteiger partial charge in [0.15, 0.2) is 0 Å². The van der Waals surface area contributed by atoms with Crippen LogP contribution in [0.15, 0.2) is 11.6 Å². The molecule has 25 heavy (non-hydrogen) atoms. The van der Waals surface area contributed by atoms with Gasteiger partial charge in [-0.15, -0.1) is 0 Å². The molecule has 1 saturated heterocycles. The Hall–Kier alpha value is -2.38. The lowest BCUT2D eigenvalue weighted by Crippen LogP contribution is -2.44. The van der Waals surface area contributed by atoms with Gasteiger partial charge in [0.25, 0.3) is 0 Å². The molecular formula is C17H27N3O5. The molecule has 0 aromatic heterocycles. The van der Waals surface area contributed by atoms with Gasteiger partial charge in [-0.2, -0.15) is 0 Å². The van der Waals surface area contributed by atoms with Crippen LogP contribution in [0, 0.1) is 5.92 Å². The minimum Gasteiger partial charge on any atom is -0.480 e. The molecule has 1 aliphatic heterocycles. The van der Waals surface area contributed by atoms with Crippen molar-refractivity contribution in [3.8, 4) is 0 Å². The highest BCUT2D eigenvalue weighted by molar-refractivity contribution is 5.96. The zero-order valence-electron chi connectivity index (χ0n) is 15.2. The zero-order valence-corrected chi connectivity index (χ0v) is 15.2. The first kappa shape index (κ1) is 20.7. The third-order valence-corrected chi connectivity index (χ3v) is 4.42. The Labute approximate surface area is 147 Å². The largest absolute Gasteiger partial charge is 0.480 e. The molecule has 1 heterocycles. The van der Waals surface area contributed by atoms with E-state index in [1.807, 2.05) is 13.8 Å². The maximum Gasteiger partial charge on any atom is 0.326 e. The summed E-state index contributed by atoms with van der Waals surface area (Å²) in [5.74, 6) is -1.54. The van der Waals surface area contributed by atoms with Crippen LogP contribution in [0.3, 0.4) is 0 Å². The Bertz CT molecular complexity index is 558. The number of nitrogens with zero attached hydrogens (tertiary/aromatic N) is 2. The van der Waals surface area contributed by atoms with Gasteiger partial charge in [-0.05, 0) is 25.7 Å². The third-order valence-electron chi connectivity index (χ3n) is 4.42. The molecule has 0 aromatic rings. The fourth-order valence-electron chi connectivity index (χ4n) is 2.99. The molecule has 1 unspecified atom stereocenters. The number of carboxylic acid groups (broad SMARTS) is 1. The molecule has 1 aliphatic rings. The fraction of sp³-hybridized carbons (Fsp3) is 0.647. The molecule has 8 nitrogen and oxygen atoms in total. The van der Waals surface area contributed by atoms with Gasteiger partial charge in [-0.25, -0.2) is 4.79 Å². The minimum atomic E-state index is -0.994. The lowest BCUT2D eigenvalue weighted by Gasteiger charge is -2.30. The van der Waals surface area contributed by atoms with Gasteiger partial charge in [0.05, 0.1) is 12.6 Å². The second-order valence-corrected chi connectivity index (χ2v) is 6.58. The normalized spacial score (nSPS) is 18.8. The number of aliphatic carboxylic acids is 1. The second-order valence-electron chi connectivity index (χ2n) is 6.58. The summed E-state index contributed by atoms with van der Waals surface area (Å²) in [6, 6.07) is -1.12. The minimum absolute atomic E-state index is 0.0433. The second kappa shape index (κ2) is 9.19. The number of carbonyl (C=O) groups is 4. The molecular weight excluding hydrogens is 326 g/mol. The highest BCUT2D eigenvalue weighted by Gasteiger charge is 2.34. The van der Waals surface area contributed by atoms with Crippen molar-refractivity contribution in [1.82, 2.24) is 15.1 Å². The first-order valence-corrected chi connectivity index (χ1v) is 8.35. The van der Waals surface area contributed by atoms with Crippen molar-refractivity contribution < 1.29 is 24.3 Å². The van der Waals surface area contributed by atoms with Crippen LogP contribution in [0.4, 0.5) is 0 Å². The quantitative estimate of drug-likeness (QED) is 0.480. The first-order chi connectivity index (χ1) is 11.7. The molecule has 140 valence electrons. The molecule has 2 atom stereocenters. The summed E-state index contributed by atoms with van der Waals surface area (Å²) >= 11 is 0. The summed E-state index contributed by atoms with van der Waals surface area (Å²) in [5.41, 5.74) is 0.412. The van der Waals surface area contributed by atoms with Crippen molar-refractivity contribution in [3.05, 3.63) is 11.6 Å². The number of carboxylic acids is 1. The zero-order chi connectivity index (χ0) is 19.1. The van der Waals surface area contributed by atoms with E-state index >= 15 is 0 Å². The van der Waals surface area contributed by atoms with Crippen molar-refractivity contribution in [2.45, 2.75) is 45.7 Å². The van der Waals surface area contributed by atoms with Gasteiger partial charge < -0.3 is 20.2 Å². The summed E-state index contributed by atoms with van der Waals surface area (Å²) in [6.45, 7) is 5.79. The Morgan fingerprint density at radius 3 is 2.52 bits per heavy atom. The van der Waals surface area contributed by atoms with Gasteiger partial charge in [-0.3, -0.25) is 14.4 Å². The van der Waals surface area contributed by atoms with Crippen LogP contribution in [0.5, 0.6) is 0 Å². The van der Waals surface area contributed by atoms with Gasteiger partial charge in [0, 0.05) is 19.2 Å². The predicted molar refractivity (Wildman–Crippen MR) is 91.6 cm³/mol. The Morgan fingerprint density at radius 2 is 2.00 bits per heavy atom. The summed E-state index contributed by atoms with van der Waals surface area (Å²) < 4.78 is 0. The number of rotatable bonds is 8. The highest BCUT2D eigenvalue weighted by Crippen LogP contribution is 2.21. The number of likely N-dealkylation sites (tertiary alicyclic amines) is 1. The first-order valence-electron chi connectivity index (χ1n) is 8.35. The molecule has 0 saturated carbocycles. The Kier molecular flexibility index (Phi) is 7.60. The van der Waals surface area contributed by atoms with E-state index in [9.17, 15) is 24.3 Å². The Balaban J connectivity index is 2.93. The number of carbonyl (C=O) groups excluding carboxylic acids is 3. The average Bonchev–Trinajstić information content (AvgIpc) is 3.05. The summed E-state index contributed by atoms with van der Waals surface area (Å²) in [7, 11) is 1.61. The molecule has 1 rings (SSSR count). The molecule has 3 amide bonds. The molecule has 0 aromatic carbocycles. The van der Waals surface area contributed by atoms with Crippen molar-refractivity contribution in [2.24, 2.45) is 5.92 Å². The lowest BCUT2D eigenvalue weighted by molar-refractivity contribution is -0.146. The van der Waals surface area contributed by atoms with Crippen LogP contribution in [-0.4, -0.2) is 71.3 Å². The standard InChI is InChI=1S/C17H27N3O5/c1-11(2)14(19(4)15(22)9-18-10-21)8-12(3)16(23)20-7-5-6-13(20)17(24)25/h8,10-11,13-14H,5-7,9H2,1-4H3,(H,18,21)(H,24,25)/b12-8+/t13?,14-/m1/s1. The molecule has 2 N–H and O–H groups in total. The molecule has 0 bridgehead atoms. The highest BCUT2D eigenvalue weighted by atomic mass is 16.4. The molecule has 0 spiro atoms. The van der Waals surface area contributed by atoms with Crippen LogP contribution in [0.2, 0.25) is 0 Å². The van der Waals surface area contributed by atoms with E-state index in [1.54, 1.807) is 20.0 Å². The van der Waals surface area contributed by atoms with E-state index in [0.29, 0.717) is 31.4 Å². The molecule has 1 fully saturated rings. The number of likely N-dealkylation sites (N-methyl/N-ethyl adjacent to an activating group) is 1. The maximum absolute atomic E-state index is 12.6. The van der Waals surface area contributed by atoms with Gasteiger partial charge >= 0.3 is 5.97 Å². The van der Waals surface area contributed by atoms with Crippen LogP contribution in [0.25, 0.3) is 0 Å². The van der Waals surface area contributed by atoms with E-state index in [2.05, 4.69) is 5.32 Å². The summed E-state index contributed by atoms with van der Waals surface area (Å²) in [6.07, 6.45) is 3.28. The molecule has 8 heteroatoms. The summed E-state index contributed by atoms with van der Waals surface area (Å²) in [5, 5.41) is 11.6. The van der Waals surface area contributed by atoms with E-state index in [4.69, 9.17) is 0 Å². The van der Waals surface area contributed by atoms with Gasteiger partial charge in [0.2, 0.25) is 18.2 Å². The Morgan fingerprint density at radius 1 is 1.36 bits per heavy atom. The van der Waals surface area contributed by atoms with Crippen LogP contribution >= 0.6 is 0 Å².